The van der Waals surface area contributed by atoms with E-state index in [9.17, 15) is 30.2 Å². The number of hydrogen-bond acceptors (Lipinski definition) is 7. The maximum absolute atomic E-state index is 12.5. The summed E-state index contributed by atoms with van der Waals surface area (Å²) in [5.74, 6) is 1.23. The van der Waals surface area contributed by atoms with Crippen LogP contribution >= 0.6 is 0 Å². The molecule has 4 aliphatic carbocycles. The van der Waals surface area contributed by atoms with Gasteiger partial charge in [-0.25, -0.2) is 0 Å². The molecular formula is C31H45NO7. The van der Waals surface area contributed by atoms with E-state index < -0.39 is 17.1 Å². The molecule has 4 aliphatic rings. The molecule has 4 fully saturated rings. The predicted octanol–water partition coefficient (Wildman–Crippen LogP) is 5.02. The molecule has 1 aromatic carbocycles. The summed E-state index contributed by atoms with van der Waals surface area (Å²) in [7, 11) is 0. The predicted molar refractivity (Wildman–Crippen MR) is 145 cm³/mol. The Morgan fingerprint density at radius 2 is 1.79 bits per heavy atom. The Hall–Kier alpha value is -2.03. The Morgan fingerprint density at radius 3 is 2.49 bits per heavy atom. The second-order valence-electron chi connectivity index (χ2n) is 13.6. The van der Waals surface area contributed by atoms with Gasteiger partial charge >= 0.3 is 5.97 Å². The molecule has 4 saturated carbocycles. The standard InChI is InChI=1S/C31H45NO7/c1-18(4-11-28(36)39-17-19-5-7-21(8-6-19)32(37)38)23-9-10-24-29-25(16-27(35)31(23,24)3)30(2)13-12-22(33)14-20(30)15-26(29)34/h5-8,18,20,22-27,29,33-35H,4,9-17H2,1-3H3/t18-,20+,22-,23-,24+,25+,26-,27+,29+,30+,31-/m1/s1. The van der Waals surface area contributed by atoms with Crippen molar-refractivity contribution in [2.75, 3.05) is 0 Å². The third-order valence-corrected chi connectivity index (χ3v) is 11.9. The number of nitro benzene ring substituents is 1. The zero-order valence-corrected chi connectivity index (χ0v) is 23.5. The van der Waals surface area contributed by atoms with E-state index >= 15 is 0 Å². The number of hydrogen-bond donors (Lipinski definition) is 3. The molecule has 0 aliphatic heterocycles. The first-order valence-electron chi connectivity index (χ1n) is 14.9. The first-order chi connectivity index (χ1) is 18.4. The quantitative estimate of drug-likeness (QED) is 0.250. The van der Waals surface area contributed by atoms with Crippen molar-refractivity contribution in [3.05, 3.63) is 39.9 Å². The van der Waals surface area contributed by atoms with Crippen LogP contribution in [0.25, 0.3) is 0 Å². The Kier molecular flexibility index (Phi) is 7.85. The zero-order valence-electron chi connectivity index (χ0n) is 23.5. The van der Waals surface area contributed by atoms with Crippen LogP contribution in [0.2, 0.25) is 0 Å². The number of carbonyl (C=O) groups is 1. The lowest BCUT2D eigenvalue weighted by atomic mass is 9.43. The van der Waals surface area contributed by atoms with Crippen LogP contribution in [0.1, 0.15) is 84.1 Å². The van der Waals surface area contributed by atoms with Crippen molar-refractivity contribution in [2.24, 2.45) is 46.3 Å². The number of aliphatic hydroxyl groups excluding tert-OH is 3. The maximum atomic E-state index is 12.5. The SMILES string of the molecule is C[C@H](CCC(=O)OCc1ccc([N+](=O)[O-])cc1)[C@H]1CC[C@H]2[C@@H]3[C@H](O)C[C@@H]4C[C@H](O)CC[C@]4(C)[C@H]3C[C@H](O)[C@]12C. The zero-order chi connectivity index (χ0) is 28.1. The van der Waals surface area contributed by atoms with Gasteiger partial charge in [-0.3, -0.25) is 14.9 Å². The minimum atomic E-state index is -0.456. The highest BCUT2D eigenvalue weighted by Gasteiger charge is 2.65. The first kappa shape index (κ1) is 28.5. The largest absolute Gasteiger partial charge is 0.461 e. The van der Waals surface area contributed by atoms with E-state index in [1.807, 2.05) is 0 Å². The highest BCUT2D eigenvalue weighted by atomic mass is 16.6. The summed E-state index contributed by atoms with van der Waals surface area (Å²) in [4.78, 5) is 22.9. The Morgan fingerprint density at radius 1 is 1.08 bits per heavy atom. The molecule has 1 aromatic rings. The lowest BCUT2D eigenvalue weighted by Crippen LogP contribution is -2.62. The number of rotatable bonds is 7. The molecule has 8 heteroatoms. The molecule has 0 heterocycles. The van der Waals surface area contributed by atoms with Crippen LogP contribution in [0.4, 0.5) is 5.69 Å². The fourth-order valence-electron chi connectivity index (χ4n) is 9.63. The number of benzene rings is 1. The van der Waals surface area contributed by atoms with Crippen LogP contribution in [0.5, 0.6) is 0 Å². The van der Waals surface area contributed by atoms with E-state index in [1.165, 1.54) is 12.1 Å². The van der Waals surface area contributed by atoms with E-state index in [0.717, 1.165) is 38.5 Å². The summed E-state index contributed by atoms with van der Waals surface area (Å²) in [6.45, 7) is 6.84. The van der Waals surface area contributed by atoms with Crippen molar-refractivity contribution < 1.29 is 29.8 Å². The summed E-state index contributed by atoms with van der Waals surface area (Å²) < 4.78 is 5.44. The van der Waals surface area contributed by atoms with Crippen LogP contribution in [0, 0.1) is 56.5 Å². The third-order valence-electron chi connectivity index (χ3n) is 11.9. The second-order valence-corrected chi connectivity index (χ2v) is 13.6. The van der Waals surface area contributed by atoms with Gasteiger partial charge in [0.15, 0.2) is 0 Å². The van der Waals surface area contributed by atoms with Gasteiger partial charge in [0.25, 0.3) is 5.69 Å². The first-order valence-corrected chi connectivity index (χ1v) is 14.9. The smallest absolute Gasteiger partial charge is 0.306 e. The minimum absolute atomic E-state index is 0.00527. The Labute approximate surface area is 231 Å². The van der Waals surface area contributed by atoms with Crippen molar-refractivity contribution in [1.29, 1.82) is 0 Å². The molecule has 0 aromatic heterocycles. The van der Waals surface area contributed by atoms with E-state index in [2.05, 4.69) is 20.8 Å². The molecule has 3 N–H and O–H groups in total. The molecular weight excluding hydrogens is 498 g/mol. The number of carbonyl (C=O) groups excluding carboxylic acids is 1. The van der Waals surface area contributed by atoms with Crippen molar-refractivity contribution in [2.45, 2.75) is 103 Å². The number of nitrogens with zero attached hydrogens (tertiary/aromatic N) is 1. The van der Waals surface area contributed by atoms with E-state index in [0.29, 0.717) is 24.3 Å². The Bertz CT molecular complexity index is 1060. The summed E-state index contributed by atoms with van der Waals surface area (Å²) in [6.07, 6.45) is 5.83. The van der Waals surface area contributed by atoms with E-state index in [4.69, 9.17) is 4.74 Å². The molecule has 0 amide bonds. The van der Waals surface area contributed by atoms with Gasteiger partial charge in [0, 0.05) is 18.6 Å². The molecule has 216 valence electrons. The van der Waals surface area contributed by atoms with Crippen LogP contribution in [0.15, 0.2) is 24.3 Å². The lowest BCUT2D eigenvalue weighted by Gasteiger charge is -2.63. The lowest BCUT2D eigenvalue weighted by molar-refractivity contribution is -0.384. The summed E-state index contributed by atoms with van der Waals surface area (Å²) >= 11 is 0. The van der Waals surface area contributed by atoms with Crippen molar-refractivity contribution in [3.8, 4) is 0 Å². The average molecular weight is 544 g/mol. The Balaban J connectivity index is 1.21. The normalized spacial score (nSPS) is 42.1. The van der Waals surface area contributed by atoms with Gasteiger partial charge in [0.2, 0.25) is 0 Å². The number of nitro groups is 1. The summed E-state index contributed by atoms with van der Waals surface area (Å²) in [6, 6.07) is 6.01. The molecule has 11 atom stereocenters. The molecule has 39 heavy (non-hydrogen) atoms. The van der Waals surface area contributed by atoms with Crippen LogP contribution in [-0.2, 0) is 16.1 Å². The van der Waals surface area contributed by atoms with Gasteiger partial charge in [-0.2, -0.15) is 0 Å². The number of aliphatic hydroxyl groups is 3. The van der Waals surface area contributed by atoms with E-state index in [1.54, 1.807) is 12.1 Å². The van der Waals surface area contributed by atoms with Gasteiger partial charge in [-0.15, -0.1) is 0 Å². The second kappa shape index (κ2) is 10.7. The molecule has 0 unspecified atom stereocenters. The number of non-ortho nitro benzene ring substituents is 1. The summed E-state index contributed by atoms with van der Waals surface area (Å²) in [5, 5.41) is 44.3. The highest BCUT2D eigenvalue weighted by Crippen LogP contribution is 2.68. The molecule has 0 spiro atoms. The summed E-state index contributed by atoms with van der Waals surface area (Å²) in [5.41, 5.74) is 0.484. The van der Waals surface area contributed by atoms with E-state index in [-0.39, 0.29) is 71.2 Å². The maximum Gasteiger partial charge on any atom is 0.306 e. The fourth-order valence-corrected chi connectivity index (χ4v) is 9.63. The van der Waals surface area contributed by atoms with Crippen LogP contribution < -0.4 is 0 Å². The van der Waals surface area contributed by atoms with Gasteiger partial charge in [-0.1, -0.05) is 20.8 Å². The van der Waals surface area contributed by atoms with Crippen molar-refractivity contribution in [3.63, 3.8) is 0 Å². The van der Waals surface area contributed by atoms with Crippen molar-refractivity contribution in [1.82, 2.24) is 0 Å². The van der Waals surface area contributed by atoms with Gasteiger partial charge in [0.1, 0.15) is 6.61 Å². The third kappa shape index (κ3) is 5.02. The monoisotopic (exact) mass is 543 g/mol. The van der Waals surface area contributed by atoms with Crippen molar-refractivity contribution >= 4 is 11.7 Å². The van der Waals surface area contributed by atoms with Gasteiger partial charge in [0.05, 0.1) is 23.2 Å². The molecule has 5 rings (SSSR count). The minimum Gasteiger partial charge on any atom is -0.461 e. The number of fused-ring (bicyclic) bond motifs is 5. The van der Waals surface area contributed by atoms with Crippen LogP contribution in [-0.4, -0.2) is 44.5 Å². The average Bonchev–Trinajstić information content (AvgIpc) is 3.26. The van der Waals surface area contributed by atoms with Crippen LogP contribution in [0.3, 0.4) is 0 Å². The molecule has 0 radical (unpaired) electrons. The number of ether oxygens (including phenoxy) is 1. The van der Waals surface area contributed by atoms with Gasteiger partial charge < -0.3 is 20.1 Å². The van der Waals surface area contributed by atoms with Gasteiger partial charge in [-0.05, 0) is 115 Å². The highest BCUT2D eigenvalue weighted by molar-refractivity contribution is 5.69. The fraction of sp³-hybridized carbons (Fsp3) is 0.774. The topological polar surface area (TPSA) is 130 Å². The number of esters is 1. The molecule has 0 saturated heterocycles. The molecule has 8 nitrogen and oxygen atoms in total. The molecule has 0 bridgehead atoms.